The zero-order valence-corrected chi connectivity index (χ0v) is 11.8. The minimum absolute atomic E-state index is 0.0674. The van der Waals surface area contributed by atoms with Crippen LogP contribution in [0.25, 0.3) is 0 Å². The molecule has 98 valence electrons. The van der Waals surface area contributed by atoms with E-state index in [4.69, 9.17) is 10.4 Å². The first-order valence-electron chi connectivity index (χ1n) is 5.76. The normalized spacial score (nSPS) is 16.1. The Morgan fingerprint density at radius 1 is 1.53 bits per heavy atom. The first-order chi connectivity index (χ1) is 7.85. The Balaban J connectivity index is 4.06. The Labute approximate surface area is 108 Å². The second kappa shape index (κ2) is 7.57. The summed E-state index contributed by atoms with van der Waals surface area (Å²) in [4.78, 5) is 11.6. The first kappa shape index (κ1) is 16.3. The van der Waals surface area contributed by atoms with Gasteiger partial charge in [-0.05, 0) is 24.5 Å². The molecule has 0 saturated carbocycles. The Bertz CT molecular complexity index is 289. The average molecular weight is 258 g/mol. The van der Waals surface area contributed by atoms with Crippen LogP contribution in [0.5, 0.6) is 0 Å². The highest BCUT2D eigenvalue weighted by Crippen LogP contribution is 2.15. The second-order valence-corrected chi connectivity index (χ2v) is 5.85. The monoisotopic (exact) mass is 258 g/mol. The summed E-state index contributed by atoms with van der Waals surface area (Å²) >= 11 is 1.48. The van der Waals surface area contributed by atoms with Crippen molar-refractivity contribution < 1.29 is 9.90 Å². The summed E-state index contributed by atoms with van der Waals surface area (Å²) in [5.41, 5.74) is -0.805. The van der Waals surface area contributed by atoms with Crippen LogP contribution in [0.2, 0.25) is 0 Å². The molecule has 2 atom stereocenters. The molecule has 0 spiro atoms. The Hall–Kier alpha value is -0.730. The minimum atomic E-state index is -0.805. The van der Waals surface area contributed by atoms with Gasteiger partial charge in [0.1, 0.15) is 5.54 Å². The number of hydrogen-bond donors (Lipinski definition) is 2. The third kappa shape index (κ3) is 5.94. The molecule has 0 aromatic heterocycles. The molecule has 4 nitrogen and oxygen atoms in total. The first-order valence-corrected chi connectivity index (χ1v) is 6.92. The van der Waals surface area contributed by atoms with Gasteiger partial charge in [0, 0.05) is 6.61 Å². The predicted molar refractivity (Wildman–Crippen MR) is 70.6 cm³/mol. The van der Waals surface area contributed by atoms with E-state index in [9.17, 15) is 4.79 Å². The number of aliphatic hydroxyl groups excluding tert-OH is 1. The summed E-state index contributed by atoms with van der Waals surface area (Å²) in [5, 5.41) is 20.6. The highest BCUT2D eigenvalue weighted by Gasteiger charge is 2.29. The Kier molecular flexibility index (Phi) is 7.24. The van der Waals surface area contributed by atoms with Gasteiger partial charge in [0.05, 0.1) is 11.8 Å². The van der Waals surface area contributed by atoms with Crippen LogP contribution in [0.4, 0.5) is 0 Å². The topological polar surface area (TPSA) is 73.1 Å². The number of nitrogens with one attached hydrogen (secondary N) is 1. The smallest absolute Gasteiger partial charge is 0.231 e. The van der Waals surface area contributed by atoms with E-state index in [2.05, 4.69) is 11.4 Å². The number of hydrogen-bond acceptors (Lipinski definition) is 4. The molecule has 2 N–H and O–H groups in total. The molecule has 17 heavy (non-hydrogen) atoms. The third-order valence-electron chi connectivity index (χ3n) is 2.73. The van der Waals surface area contributed by atoms with Gasteiger partial charge in [0.25, 0.3) is 0 Å². The van der Waals surface area contributed by atoms with Gasteiger partial charge in [-0.2, -0.15) is 17.0 Å². The number of nitrogens with zero attached hydrogens (tertiary/aromatic N) is 1. The number of carbonyl (C=O) groups is 1. The summed E-state index contributed by atoms with van der Waals surface area (Å²) in [6.07, 6.45) is 0. The molecule has 2 unspecified atom stereocenters. The quantitative estimate of drug-likeness (QED) is 0.724. The lowest BCUT2D eigenvalue weighted by atomic mass is 9.90. The molecule has 0 rings (SSSR count). The van der Waals surface area contributed by atoms with E-state index in [0.717, 1.165) is 5.75 Å². The lowest BCUT2D eigenvalue weighted by Gasteiger charge is -2.27. The van der Waals surface area contributed by atoms with E-state index in [1.54, 1.807) is 6.92 Å². The standard InChI is InChI=1S/C12H22N2O2S/c1-9(2)12(4,8-13)14-11(16)7-17-6-10(3)5-15/h9-10,15H,5-7H2,1-4H3,(H,14,16). The van der Waals surface area contributed by atoms with Gasteiger partial charge in [-0.15, -0.1) is 0 Å². The lowest BCUT2D eigenvalue weighted by molar-refractivity contribution is -0.120. The van der Waals surface area contributed by atoms with Gasteiger partial charge in [0.15, 0.2) is 0 Å². The van der Waals surface area contributed by atoms with Crippen molar-refractivity contribution in [3.05, 3.63) is 0 Å². The molecule has 0 aromatic rings. The fourth-order valence-electron chi connectivity index (χ4n) is 1.03. The minimum Gasteiger partial charge on any atom is -0.396 e. The number of carbonyl (C=O) groups excluding carboxylic acids is 1. The zero-order valence-electron chi connectivity index (χ0n) is 11.0. The predicted octanol–water partition coefficient (Wildman–Crippen LogP) is 1.40. The summed E-state index contributed by atoms with van der Waals surface area (Å²) in [7, 11) is 0. The number of nitriles is 1. The van der Waals surface area contributed by atoms with Crippen LogP contribution < -0.4 is 5.32 Å². The van der Waals surface area contributed by atoms with Crippen LogP contribution in [0, 0.1) is 23.2 Å². The van der Waals surface area contributed by atoms with E-state index in [0.29, 0.717) is 5.75 Å². The number of thioether (sulfide) groups is 1. The summed E-state index contributed by atoms with van der Waals surface area (Å²) in [6, 6.07) is 2.14. The van der Waals surface area contributed by atoms with E-state index in [1.807, 2.05) is 20.8 Å². The molecule has 0 aliphatic rings. The molecular weight excluding hydrogens is 236 g/mol. The number of amides is 1. The second-order valence-electron chi connectivity index (χ2n) is 4.82. The fraction of sp³-hybridized carbons (Fsp3) is 0.833. The number of rotatable bonds is 7. The molecule has 0 radical (unpaired) electrons. The van der Waals surface area contributed by atoms with E-state index in [1.165, 1.54) is 11.8 Å². The highest BCUT2D eigenvalue weighted by molar-refractivity contribution is 7.99. The molecule has 0 heterocycles. The molecule has 0 aliphatic carbocycles. The van der Waals surface area contributed by atoms with Crippen LogP contribution in [0.3, 0.4) is 0 Å². The van der Waals surface area contributed by atoms with Gasteiger partial charge >= 0.3 is 0 Å². The van der Waals surface area contributed by atoms with Gasteiger partial charge in [-0.3, -0.25) is 4.79 Å². The van der Waals surface area contributed by atoms with Crippen molar-refractivity contribution in [3.8, 4) is 6.07 Å². The average Bonchev–Trinajstić information content (AvgIpc) is 2.28. The maximum atomic E-state index is 11.6. The lowest BCUT2D eigenvalue weighted by Crippen LogP contribution is -2.49. The van der Waals surface area contributed by atoms with E-state index < -0.39 is 5.54 Å². The largest absolute Gasteiger partial charge is 0.396 e. The maximum Gasteiger partial charge on any atom is 0.231 e. The SMILES string of the molecule is CC(CO)CSCC(=O)NC(C)(C#N)C(C)C. The van der Waals surface area contributed by atoms with Crippen molar-refractivity contribution in [1.82, 2.24) is 5.32 Å². The van der Waals surface area contributed by atoms with Crippen molar-refractivity contribution in [2.75, 3.05) is 18.1 Å². The Morgan fingerprint density at radius 2 is 2.12 bits per heavy atom. The van der Waals surface area contributed by atoms with Crippen LogP contribution in [0.1, 0.15) is 27.7 Å². The van der Waals surface area contributed by atoms with E-state index >= 15 is 0 Å². The molecule has 0 aromatic carbocycles. The molecule has 0 saturated heterocycles. The van der Waals surface area contributed by atoms with Gasteiger partial charge in [-0.1, -0.05) is 20.8 Å². The molecule has 1 amide bonds. The molecule has 5 heteroatoms. The fourth-order valence-corrected chi connectivity index (χ4v) is 1.92. The Morgan fingerprint density at radius 3 is 2.53 bits per heavy atom. The van der Waals surface area contributed by atoms with Crippen LogP contribution >= 0.6 is 11.8 Å². The third-order valence-corrected chi connectivity index (χ3v) is 4.00. The summed E-state index contributed by atoms with van der Waals surface area (Å²) in [5.74, 6) is 1.21. The molecule has 0 aliphatic heterocycles. The van der Waals surface area contributed by atoms with Crippen molar-refractivity contribution in [2.45, 2.75) is 33.2 Å². The number of aliphatic hydroxyl groups is 1. The maximum absolute atomic E-state index is 11.6. The van der Waals surface area contributed by atoms with Crippen molar-refractivity contribution in [2.24, 2.45) is 11.8 Å². The summed E-state index contributed by atoms with van der Waals surface area (Å²) in [6.45, 7) is 7.61. The van der Waals surface area contributed by atoms with Gasteiger partial charge < -0.3 is 10.4 Å². The molecule has 0 fully saturated rings. The van der Waals surface area contributed by atoms with Gasteiger partial charge in [-0.25, -0.2) is 0 Å². The van der Waals surface area contributed by atoms with Gasteiger partial charge in [0.2, 0.25) is 5.91 Å². The molecular formula is C12H22N2O2S. The zero-order chi connectivity index (χ0) is 13.5. The van der Waals surface area contributed by atoms with Crippen LogP contribution in [-0.4, -0.2) is 34.7 Å². The van der Waals surface area contributed by atoms with Crippen LogP contribution in [-0.2, 0) is 4.79 Å². The van der Waals surface area contributed by atoms with Crippen LogP contribution in [0.15, 0.2) is 0 Å². The summed E-state index contributed by atoms with van der Waals surface area (Å²) < 4.78 is 0. The molecule has 0 bridgehead atoms. The van der Waals surface area contributed by atoms with Crippen molar-refractivity contribution >= 4 is 17.7 Å². The van der Waals surface area contributed by atoms with Crippen molar-refractivity contribution in [3.63, 3.8) is 0 Å². The highest BCUT2D eigenvalue weighted by atomic mass is 32.2. The van der Waals surface area contributed by atoms with E-state index in [-0.39, 0.29) is 24.3 Å². The van der Waals surface area contributed by atoms with Crippen molar-refractivity contribution in [1.29, 1.82) is 5.26 Å².